The lowest BCUT2D eigenvalue weighted by Crippen LogP contribution is -2.56. The van der Waals surface area contributed by atoms with Gasteiger partial charge in [0.05, 0.1) is 42.7 Å². The molecule has 3 aromatic rings. The minimum atomic E-state index is -3.53. The van der Waals surface area contributed by atoms with Gasteiger partial charge in [-0.2, -0.15) is 0 Å². The van der Waals surface area contributed by atoms with Crippen LogP contribution >= 0.6 is 0 Å². The van der Waals surface area contributed by atoms with E-state index in [2.05, 4.69) is 27.1 Å². The van der Waals surface area contributed by atoms with Gasteiger partial charge in [-0.3, -0.25) is 0 Å². The number of sulfone groups is 1. The molecule has 2 aliphatic rings. The number of hydrogen-bond acceptors (Lipinski definition) is 9. The van der Waals surface area contributed by atoms with Crippen molar-refractivity contribution in [2.75, 3.05) is 43.3 Å². The largest absolute Gasteiger partial charge is 0.486 e. The number of aromatic nitrogens is 4. The van der Waals surface area contributed by atoms with E-state index in [1.165, 1.54) is 6.26 Å². The van der Waals surface area contributed by atoms with Gasteiger partial charge in [0.15, 0.2) is 27.2 Å². The Bertz CT molecular complexity index is 1340. The highest BCUT2D eigenvalue weighted by Crippen LogP contribution is 2.45. The van der Waals surface area contributed by atoms with Crippen molar-refractivity contribution < 1.29 is 17.9 Å². The Morgan fingerprint density at radius 2 is 2.03 bits per heavy atom. The minimum absolute atomic E-state index is 0.00770. The standard InChI is InChI=1S/C22H28N6O4S/c1-12-9-31-10-13-11-32-17-18(22(2,3)33(5,29)30)26-20(27-21(17)28(12)13)16-14-6-7-24-19(14)25-8-15(16)23-4/h6-8,12-13,23H,9-11H2,1-5H3,(H,24,25). The van der Waals surface area contributed by atoms with Crippen molar-refractivity contribution in [2.45, 2.75) is 37.6 Å². The Kier molecular flexibility index (Phi) is 5.02. The summed E-state index contributed by atoms with van der Waals surface area (Å²) in [4.78, 5) is 19.6. The molecule has 0 spiro atoms. The lowest BCUT2D eigenvalue weighted by atomic mass is 10.0. The quantitative estimate of drug-likeness (QED) is 0.589. The number of hydrogen-bond donors (Lipinski definition) is 2. The summed E-state index contributed by atoms with van der Waals surface area (Å²) in [5.41, 5.74) is 2.54. The molecule has 0 saturated carbocycles. The number of rotatable bonds is 4. The van der Waals surface area contributed by atoms with Crippen molar-refractivity contribution >= 4 is 32.4 Å². The van der Waals surface area contributed by atoms with Crippen LogP contribution in [0.15, 0.2) is 18.5 Å². The van der Waals surface area contributed by atoms with Crippen LogP contribution in [0.25, 0.3) is 22.4 Å². The summed E-state index contributed by atoms with van der Waals surface area (Å²) in [7, 11) is -1.72. The Balaban J connectivity index is 1.84. The summed E-state index contributed by atoms with van der Waals surface area (Å²) in [5.74, 6) is 1.44. The first-order chi connectivity index (χ1) is 15.6. The second-order valence-corrected chi connectivity index (χ2v) is 11.7. The van der Waals surface area contributed by atoms with Gasteiger partial charge in [-0.25, -0.2) is 23.4 Å². The molecule has 1 saturated heterocycles. The number of anilines is 2. The first-order valence-electron chi connectivity index (χ1n) is 10.9. The van der Waals surface area contributed by atoms with Crippen LogP contribution in [0.3, 0.4) is 0 Å². The first-order valence-corrected chi connectivity index (χ1v) is 12.8. The molecule has 2 unspecified atom stereocenters. The van der Waals surface area contributed by atoms with Crippen LogP contribution < -0.4 is 15.0 Å². The lowest BCUT2D eigenvalue weighted by Gasteiger charge is -2.45. The molecule has 2 aliphatic heterocycles. The van der Waals surface area contributed by atoms with Crippen molar-refractivity contribution in [1.82, 2.24) is 19.9 Å². The van der Waals surface area contributed by atoms with E-state index in [9.17, 15) is 8.42 Å². The third-order valence-electron chi connectivity index (χ3n) is 6.63. The summed E-state index contributed by atoms with van der Waals surface area (Å²) in [6.45, 7) is 6.84. The van der Waals surface area contributed by atoms with Crippen LogP contribution in [0.4, 0.5) is 11.5 Å². The first kappa shape index (κ1) is 21.9. The molecule has 5 rings (SSSR count). The van der Waals surface area contributed by atoms with Gasteiger partial charge in [-0.1, -0.05) is 0 Å². The highest BCUT2D eigenvalue weighted by atomic mass is 32.2. The van der Waals surface area contributed by atoms with E-state index in [0.29, 0.717) is 48.6 Å². The molecular formula is C22H28N6O4S. The highest BCUT2D eigenvalue weighted by molar-refractivity contribution is 7.91. The van der Waals surface area contributed by atoms with Crippen molar-refractivity contribution in [1.29, 1.82) is 0 Å². The van der Waals surface area contributed by atoms with Gasteiger partial charge in [0, 0.05) is 24.9 Å². The molecule has 2 N–H and O–H groups in total. The fourth-order valence-corrected chi connectivity index (χ4v) is 4.95. The minimum Gasteiger partial charge on any atom is -0.486 e. The molecule has 33 heavy (non-hydrogen) atoms. The number of nitrogens with zero attached hydrogens (tertiary/aromatic N) is 4. The van der Waals surface area contributed by atoms with Gasteiger partial charge in [-0.15, -0.1) is 0 Å². The third-order valence-corrected chi connectivity index (χ3v) is 8.67. The van der Waals surface area contributed by atoms with Gasteiger partial charge < -0.3 is 24.7 Å². The third kappa shape index (κ3) is 3.33. The lowest BCUT2D eigenvalue weighted by molar-refractivity contribution is 0.0482. The highest BCUT2D eigenvalue weighted by Gasteiger charge is 2.44. The number of fused-ring (bicyclic) bond motifs is 4. The maximum Gasteiger partial charge on any atom is 0.185 e. The number of ether oxygens (including phenoxy) is 2. The Morgan fingerprint density at radius 3 is 2.76 bits per heavy atom. The zero-order chi connectivity index (χ0) is 23.5. The van der Waals surface area contributed by atoms with E-state index >= 15 is 0 Å². The van der Waals surface area contributed by atoms with Crippen LogP contribution in [0.5, 0.6) is 5.75 Å². The van der Waals surface area contributed by atoms with Gasteiger partial charge in [-0.05, 0) is 26.8 Å². The fraction of sp³-hybridized carbons (Fsp3) is 0.500. The van der Waals surface area contributed by atoms with Gasteiger partial charge in [0.2, 0.25) is 0 Å². The van der Waals surface area contributed by atoms with Crippen molar-refractivity contribution in [2.24, 2.45) is 0 Å². The molecule has 176 valence electrons. The summed E-state index contributed by atoms with van der Waals surface area (Å²) in [6, 6.07) is 1.96. The molecule has 0 bridgehead atoms. The summed E-state index contributed by atoms with van der Waals surface area (Å²) < 4.78 is 36.3. The average molecular weight is 473 g/mol. The number of H-pyrrole nitrogens is 1. The second-order valence-electron chi connectivity index (χ2n) is 9.13. The van der Waals surface area contributed by atoms with Crippen molar-refractivity contribution in [3.8, 4) is 17.1 Å². The number of pyridine rings is 1. The Morgan fingerprint density at radius 1 is 1.24 bits per heavy atom. The number of nitrogens with one attached hydrogen (secondary N) is 2. The van der Waals surface area contributed by atoms with E-state index in [1.54, 1.807) is 20.0 Å². The second kappa shape index (κ2) is 7.56. The van der Waals surface area contributed by atoms with Crippen LogP contribution in [0.2, 0.25) is 0 Å². The zero-order valence-corrected chi connectivity index (χ0v) is 20.2. The molecule has 0 radical (unpaired) electrons. The molecule has 10 nitrogen and oxygen atoms in total. The van der Waals surface area contributed by atoms with Gasteiger partial charge in [0.25, 0.3) is 0 Å². The van der Waals surface area contributed by atoms with E-state index in [4.69, 9.17) is 19.4 Å². The predicted molar refractivity (Wildman–Crippen MR) is 127 cm³/mol. The molecule has 0 aromatic carbocycles. The maximum absolute atomic E-state index is 12.9. The van der Waals surface area contributed by atoms with Crippen LogP contribution in [0, 0.1) is 0 Å². The van der Waals surface area contributed by atoms with Crippen LogP contribution in [-0.4, -0.2) is 73.6 Å². The van der Waals surface area contributed by atoms with Gasteiger partial charge in [0.1, 0.15) is 22.7 Å². The zero-order valence-electron chi connectivity index (χ0n) is 19.3. The van der Waals surface area contributed by atoms with Crippen molar-refractivity contribution in [3.05, 3.63) is 24.2 Å². The van der Waals surface area contributed by atoms with Crippen molar-refractivity contribution in [3.63, 3.8) is 0 Å². The fourth-order valence-electron chi connectivity index (χ4n) is 4.47. The Hall–Kier alpha value is -2.92. The van der Waals surface area contributed by atoms with Crippen LogP contribution in [-0.2, 0) is 19.3 Å². The summed E-state index contributed by atoms with van der Waals surface area (Å²) in [5, 5.41) is 4.01. The van der Waals surface area contributed by atoms with E-state index in [1.807, 2.05) is 19.3 Å². The number of aromatic amines is 1. The molecule has 5 heterocycles. The van der Waals surface area contributed by atoms with Crippen LogP contribution in [0.1, 0.15) is 26.5 Å². The molecule has 0 aliphatic carbocycles. The molecule has 11 heteroatoms. The van der Waals surface area contributed by atoms with E-state index < -0.39 is 14.6 Å². The topological polar surface area (TPSA) is 122 Å². The molecule has 0 amide bonds. The molecule has 1 fully saturated rings. The van der Waals surface area contributed by atoms with Gasteiger partial charge >= 0.3 is 0 Å². The predicted octanol–water partition coefficient (Wildman–Crippen LogP) is 2.33. The van der Waals surface area contributed by atoms with E-state index in [0.717, 1.165) is 16.6 Å². The monoisotopic (exact) mass is 472 g/mol. The SMILES string of the molecule is CNc1cnc2[nH]ccc2c1-c1nc2c(c(C(C)(C)S(C)(=O)=O)n1)OCC1COCC(C)N21. The molecule has 3 aromatic heterocycles. The normalized spacial score (nSPS) is 20.8. The van der Waals surface area contributed by atoms with E-state index in [-0.39, 0.29) is 12.1 Å². The summed E-state index contributed by atoms with van der Waals surface area (Å²) in [6.07, 6.45) is 4.75. The summed E-state index contributed by atoms with van der Waals surface area (Å²) >= 11 is 0. The average Bonchev–Trinajstić information content (AvgIpc) is 3.25. The molecule has 2 atom stereocenters. The Labute approximate surface area is 192 Å². The smallest absolute Gasteiger partial charge is 0.185 e. The number of morpholine rings is 1. The molecular weight excluding hydrogens is 444 g/mol. The maximum atomic E-state index is 12.9.